The van der Waals surface area contributed by atoms with Gasteiger partial charge in [-0.1, -0.05) is 23.7 Å². The number of halogens is 1. The number of nitrogens with one attached hydrogen (secondary N) is 3. The third-order valence-corrected chi connectivity index (χ3v) is 4.36. The van der Waals surface area contributed by atoms with Crippen molar-refractivity contribution >= 4 is 45.5 Å². The van der Waals surface area contributed by atoms with Crippen LogP contribution in [0.3, 0.4) is 0 Å². The van der Waals surface area contributed by atoms with Gasteiger partial charge < -0.3 is 15.6 Å². The van der Waals surface area contributed by atoms with Crippen LogP contribution in [0.4, 0.5) is 5.69 Å². The Kier molecular flexibility index (Phi) is 5.36. The Morgan fingerprint density at radius 3 is 2.68 bits per heavy atom. The third kappa shape index (κ3) is 4.59. The number of thiocarbonyl (C=S) groups is 1. The second-order valence-electron chi connectivity index (χ2n) is 5.85. The van der Waals surface area contributed by atoms with Crippen molar-refractivity contribution in [3.8, 4) is 0 Å². The first-order chi connectivity index (χ1) is 12.0. The number of anilines is 1. The van der Waals surface area contributed by atoms with Crippen molar-refractivity contribution in [3.05, 3.63) is 75.0 Å². The van der Waals surface area contributed by atoms with Crippen molar-refractivity contribution in [1.29, 1.82) is 0 Å². The summed E-state index contributed by atoms with van der Waals surface area (Å²) in [5, 5.41) is 8.41. The zero-order valence-corrected chi connectivity index (χ0v) is 15.3. The molecule has 0 spiro atoms. The summed E-state index contributed by atoms with van der Waals surface area (Å²) in [6.07, 6.45) is 0.585. The van der Waals surface area contributed by atoms with Gasteiger partial charge in [-0.2, -0.15) is 0 Å². The molecule has 6 heteroatoms. The van der Waals surface area contributed by atoms with Crippen LogP contribution in [-0.2, 0) is 6.42 Å². The van der Waals surface area contributed by atoms with Gasteiger partial charge in [-0.15, -0.1) is 0 Å². The molecule has 1 aromatic heterocycles. The Balaban J connectivity index is 1.60. The van der Waals surface area contributed by atoms with Crippen LogP contribution >= 0.6 is 23.8 Å². The molecule has 0 bridgehead atoms. The minimum atomic E-state index is -0.0588. The molecule has 0 saturated heterocycles. The Bertz CT molecular complexity index is 967. The lowest BCUT2D eigenvalue weighted by molar-refractivity contribution is 0.863. The van der Waals surface area contributed by atoms with Crippen LogP contribution < -0.4 is 16.2 Å². The van der Waals surface area contributed by atoms with Crippen LogP contribution in [0.1, 0.15) is 11.1 Å². The molecule has 0 atom stereocenters. The fourth-order valence-corrected chi connectivity index (χ4v) is 2.91. The highest BCUT2D eigenvalue weighted by Crippen LogP contribution is 2.14. The van der Waals surface area contributed by atoms with Crippen LogP contribution in [-0.4, -0.2) is 16.6 Å². The van der Waals surface area contributed by atoms with E-state index in [2.05, 4.69) is 15.6 Å². The van der Waals surface area contributed by atoms with E-state index in [4.69, 9.17) is 23.8 Å². The molecule has 0 aliphatic heterocycles. The van der Waals surface area contributed by atoms with E-state index >= 15 is 0 Å². The second kappa shape index (κ2) is 7.68. The summed E-state index contributed by atoms with van der Waals surface area (Å²) in [6.45, 7) is 2.57. The zero-order chi connectivity index (χ0) is 17.8. The number of fused-ring (bicyclic) bond motifs is 1. The van der Waals surface area contributed by atoms with E-state index in [1.165, 1.54) is 0 Å². The average molecular weight is 372 g/mol. The zero-order valence-electron chi connectivity index (χ0n) is 13.7. The quantitative estimate of drug-likeness (QED) is 0.606. The minimum Gasteiger partial charge on any atom is -0.362 e. The number of aryl methyl sites for hydroxylation is 1. The average Bonchev–Trinajstić information content (AvgIpc) is 2.57. The highest BCUT2D eigenvalue weighted by molar-refractivity contribution is 7.80. The van der Waals surface area contributed by atoms with Gasteiger partial charge in [-0.3, -0.25) is 4.79 Å². The van der Waals surface area contributed by atoms with Gasteiger partial charge in [-0.25, -0.2) is 0 Å². The van der Waals surface area contributed by atoms with Crippen LogP contribution in [0.5, 0.6) is 0 Å². The summed E-state index contributed by atoms with van der Waals surface area (Å²) in [7, 11) is 0. The number of H-pyrrole nitrogens is 1. The Morgan fingerprint density at radius 2 is 1.92 bits per heavy atom. The maximum absolute atomic E-state index is 12.2. The second-order valence-corrected chi connectivity index (χ2v) is 6.70. The summed E-state index contributed by atoms with van der Waals surface area (Å²) in [5.41, 5.74) is 3.52. The first-order valence-electron chi connectivity index (χ1n) is 7.94. The molecule has 3 rings (SSSR count). The predicted molar refractivity (Wildman–Crippen MR) is 109 cm³/mol. The third-order valence-electron chi connectivity index (χ3n) is 3.86. The summed E-state index contributed by atoms with van der Waals surface area (Å²) in [6, 6.07) is 15.3. The predicted octanol–water partition coefficient (Wildman–Crippen LogP) is 4.02. The Hall–Kier alpha value is -2.37. The maximum Gasteiger partial charge on any atom is 0.251 e. The first-order valence-corrected chi connectivity index (χ1v) is 8.73. The van der Waals surface area contributed by atoms with Crippen molar-refractivity contribution in [2.24, 2.45) is 0 Å². The van der Waals surface area contributed by atoms with E-state index in [0.29, 0.717) is 23.1 Å². The summed E-state index contributed by atoms with van der Waals surface area (Å²) in [4.78, 5) is 15.1. The van der Waals surface area contributed by atoms with E-state index < -0.39 is 0 Å². The number of benzene rings is 2. The van der Waals surface area contributed by atoms with Gasteiger partial charge in [0.25, 0.3) is 5.56 Å². The smallest absolute Gasteiger partial charge is 0.251 e. The number of aromatic amines is 1. The Morgan fingerprint density at radius 1 is 1.16 bits per heavy atom. The van der Waals surface area contributed by atoms with Crippen LogP contribution in [0.25, 0.3) is 10.9 Å². The number of pyridine rings is 1. The van der Waals surface area contributed by atoms with Crippen molar-refractivity contribution in [3.63, 3.8) is 0 Å². The molecule has 0 aliphatic carbocycles. The summed E-state index contributed by atoms with van der Waals surface area (Å²) < 4.78 is 0. The number of hydrogen-bond donors (Lipinski definition) is 3. The Labute approximate surface area is 156 Å². The van der Waals surface area contributed by atoms with Gasteiger partial charge in [0.2, 0.25) is 0 Å². The number of aromatic nitrogens is 1. The van der Waals surface area contributed by atoms with Gasteiger partial charge in [0, 0.05) is 28.3 Å². The van der Waals surface area contributed by atoms with E-state index in [-0.39, 0.29) is 5.56 Å². The molecule has 128 valence electrons. The maximum atomic E-state index is 12.2. The standard InChI is InChI=1S/C19H18ClN3OS/c1-12-2-3-13-11-14(18(24)23-17(13)10-12)8-9-21-19(25)22-16-6-4-15(20)5-7-16/h2-7,10-11H,8-9H2,1H3,(H,23,24)(H2,21,22,25). The van der Waals surface area contributed by atoms with E-state index in [1.54, 1.807) is 12.1 Å². The molecule has 4 nitrogen and oxygen atoms in total. The van der Waals surface area contributed by atoms with Crippen LogP contribution in [0, 0.1) is 6.92 Å². The molecular weight excluding hydrogens is 354 g/mol. The SMILES string of the molecule is Cc1ccc2cc(CCNC(=S)Nc3ccc(Cl)cc3)c(=O)[nH]c2c1. The summed E-state index contributed by atoms with van der Waals surface area (Å²) >= 11 is 11.1. The molecule has 0 radical (unpaired) electrons. The van der Waals surface area contributed by atoms with Crippen molar-refractivity contribution in [1.82, 2.24) is 10.3 Å². The van der Waals surface area contributed by atoms with Gasteiger partial charge in [0.15, 0.2) is 5.11 Å². The normalized spacial score (nSPS) is 10.6. The molecule has 0 unspecified atom stereocenters. The van der Waals surface area contributed by atoms with Gasteiger partial charge in [0.05, 0.1) is 0 Å². The topological polar surface area (TPSA) is 56.9 Å². The number of rotatable bonds is 4. The molecule has 25 heavy (non-hydrogen) atoms. The first kappa shape index (κ1) is 17.5. The molecule has 0 saturated carbocycles. The fraction of sp³-hybridized carbons (Fsp3) is 0.158. The number of hydrogen-bond acceptors (Lipinski definition) is 2. The van der Waals surface area contributed by atoms with Gasteiger partial charge in [0.1, 0.15) is 0 Å². The lowest BCUT2D eigenvalue weighted by Crippen LogP contribution is -2.31. The van der Waals surface area contributed by atoms with E-state index in [1.807, 2.05) is 43.3 Å². The van der Waals surface area contributed by atoms with Gasteiger partial charge >= 0.3 is 0 Å². The largest absolute Gasteiger partial charge is 0.362 e. The monoisotopic (exact) mass is 371 g/mol. The molecule has 3 N–H and O–H groups in total. The van der Waals surface area contributed by atoms with Crippen LogP contribution in [0.2, 0.25) is 5.02 Å². The van der Waals surface area contributed by atoms with Crippen LogP contribution in [0.15, 0.2) is 53.3 Å². The molecule has 1 heterocycles. The lowest BCUT2D eigenvalue weighted by Gasteiger charge is -2.10. The molecular formula is C19H18ClN3OS. The minimum absolute atomic E-state index is 0.0588. The molecule has 2 aromatic carbocycles. The fourth-order valence-electron chi connectivity index (χ4n) is 2.56. The molecule has 0 fully saturated rings. The van der Waals surface area contributed by atoms with Crippen molar-refractivity contribution < 1.29 is 0 Å². The van der Waals surface area contributed by atoms with Crippen molar-refractivity contribution in [2.75, 3.05) is 11.9 Å². The van der Waals surface area contributed by atoms with E-state index in [9.17, 15) is 4.79 Å². The molecule has 0 amide bonds. The highest BCUT2D eigenvalue weighted by atomic mass is 35.5. The molecule has 0 aliphatic rings. The highest BCUT2D eigenvalue weighted by Gasteiger charge is 2.04. The van der Waals surface area contributed by atoms with Crippen molar-refractivity contribution in [2.45, 2.75) is 13.3 Å². The van der Waals surface area contributed by atoms with E-state index in [0.717, 1.165) is 27.7 Å². The lowest BCUT2D eigenvalue weighted by atomic mass is 10.1. The summed E-state index contributed by atoms with van der Waals surface area (Å²) in [5.74, 6) is 0. The molecule has 3 aromatic rings. The van der Waals surface area contributed by atoms with Gasteiger partial charge in [-0.05, 0) is 72.9 Å².